The molecule has 3 aliphatic rings. The largest absolute Gasteiger partial charge is 0.464 e. The smallest absolute Gasteiger partial charge is 0.212 e. The minimum absolute atomic E-state index is 0.128. The third-order valence-corrected chi connectivity index (χ3v) is 5.88. The van der Waals surface area contributed by atoms with E-state index < -0.39 is 6.10 Å². The SMILES string of the molecule is COC[C@H]1CCc2cc3c(c(C(=O)C4Cn5nccc5O4)c21)CCC3. The van der Waals surface area contributed by atoms with Crippen LogP contribution in [0.2, 0.25) is 0 Å². The number of rotatable bonds is 4. The van der Waals surface area contributed by atoms with Crippen molar-refractivity contribution < 1.29 is 14.3 Å². The van der Waals surface area contributed by atoms with Gasteiger partial charge in [-0.1, -0.05) is 6.07 Å². The van der Waals surface area contributed by atoms with E-state index in [1.807, 2.05) is 6.07 Å². The molecule has 2 aliphatic carbocycles. The molecule has 130 valence electrons. The highest BCUT2D eigenvalue weighted by atomic mass is 16.5. The van der Waals surface area contributed by atoms with Gasteiger partial charge in [-0.25, -0.2) is 4.68 Å². The van der Waals surface area contributed by atoms with E-state index >= 15 is 0 Å². The van der Waals surface area contributed by atoms with Crippen molar-refractivity contribution in [2.45, 2.75) is 50.7 Å². The summed E-state index contributed by atoms with van der Waals surface area (Å²) in [6.45, 7) is 1.19. The standard InChI is InChI=1S/C20H22N2O3/c1-24-11-14-6-5-13-9-12-3-2-4-15(12)19(18(13)14)20(23)16-10-22-17(25-16)7-8-21-22/h7-9,14,16H,2-6,10-11H2,1H3/t14-,16?/m1/s1. The fraction of sp³-hybridized carbons (Fsp3) is 0.500. The summed E-state index contributed by atoms with van der Waals surface area (Å²) in [6, 6.07) is 4.17. The van der Waals surface area contributed by atoms with Crippen molar-refractivity contribution in [3.8, 4) is 5.88 Å². The number of methoxy groups -OCH3 is 1. The van der Waals surface area contributed by atoms with Crippen molar-refractivity contribution in [2.24, 2.45) is 0 Å². The Hall–Kier alpha value is -2.14. The molecule has 0 amide bonds. The van der Waals surface area contributed by atoms with Gasteiger partial charge >= 0.3 is 0 Å². The number of ketones is 1. The van der Waals surface area contributed by atoms with Gasteiger partial charge < -0.3 is 9.47 Å². The molecule has 1 aliphatic heterocycles. The fourth-order valence-corrected chi connectivity index (χ4v) is 4.81. The maximum atomic E-state index is 13.5. The first kappa shape index (κ1) is 15.1. The molecule has 5 rings (SSSR count). The van der Waals surface area contributed by atoms with E-state index in [0.717, 1.165) is 37.7 Å². The summed E-state index contributed by atoms with van der Waals surface area (Å²) in [6.07, 6.45) is 6.60. The van der Waals surface area contributed by atoms with Crippen LogP contribution in [0.15, 0.2) is 18.3 Å². The lowest BCUT2D eigenvalue weighted by Gasteiger charge is -2.20. The predicted octanol–water partition coefficient (Wildman–Crippen LogP) is 2.69. The van der Waals surface area contributed by atoms with Gasteiger partial charge in [0.2, 0.25) is 11.7 Å². The number of aryl methyl sites for hydroxylation is 2. The Labute approximate surface area is 146 Å². The maximum Gasteiger partial charge on any atom is 0.212 e. The maximum absolute atomic E-state index is 13.5. The van der Waals surface area contributed by atoms with Crippen LogP contribution in [0.4, 0.5) is 0 Å². The summed E-state index contributed by atoms with van der Waals surface area (Å²) in [4.78, 5) is 13.5. The van der Waals surface area contributed by atoms with Crippen LogP contribution >= 0.6 is 0 Å². The van der Waals surface area contributed by atoms with Crippen LogP contribution in [-0.2, 0) is 30.5 Å². The van der Waals surface area contributed by atoms with E-state index in [1.165, 1.54) is 22.3 Å². The van der Waals surface area contributed by atoms with Crippen LogP contribution in [0.1, 0.15) is 51.4 Å². The van der Waals surface area contributed by atoms with Crippen molar-refractivity contribution >= 4 is 5.78 Å². The molecule has 0 bridgehead atoms. The molecular formula is C20H22N2O3. The molecule has 0 spiro atoms. The van der Waals surface area contributed by atoms with Crippen LogP contribution < -0.4 is 4.74 Å². The van der Waals surface area contributed by atoms with Crippen molar-refractivity contribution in [1.29, 1.82) is 0 Å². The van der Waals surface area contributed by atoms with E-state index in [1.54, 1.807) is 18.0 Å². The second kappa shape index (κ2) is 5.70. The van der Waals surface area contributed by atoms with Gasteiger partial charge in [0.25, 0.3) is 0 Å². The zero-order valence-corrected chi connectivity index (χ0v) is 14.5. The monoisotopic (exact) mass is 338 g/mol. The third-order valence-electron chi connectivity index (χ3n) is 5.88. The Morgan fingerprint density at radius 2 is 2.28 bits per heavy atom. The van der Waals surface area contributed by atoms with E-state index in [4.69, 9.17) is 9.47 Å². The van der Waals surface area contributed by atoms with E-state index in [9.17, 15) is 4.79 Å². The lowest BCUT2D eigenvalue weighted by Crippen LogP contribution is -2.29. The Kier molecular flexibility index (Phi) is 3.45. The van der Waals surface area contributed by atoms with E-state index in [0.29, 0.717) is 24.9 Å². The van der Waals surface area contributed by atoms with Crippen LogP contribution in [0.3, 0.4) is 0 Å². The molecular weight excluding hydrogens is 316 g/mol. The van der Waals surface area contributed by atoms with Gasteiger partial charge in [-0.2, -0.15) is 5.10 Å². The van der Waals surface area contributed by atoms with Crippen LogP contribution in [0.5, 0.6) is 5.88 Å². The normalized spacial score (nSPS) is 23.2. The van der Waals surface area contributed by atoms with Crippen molar-refractivity contribution in [1.82, 2.24) is 9.78 Å². The van der Waals surface area contributed by atoms with Gasteiger partial charge in [-0.15, -0.1) is 0 Å². The molecule has 0 fully saturated rings. The number of carbonyl (C=O) groups excluding carboxylic acids is 1. The minimum Gasteiger partial charge on any atom is -0.464 e. The van der Waals surface area contributed by atoms with Gasteiger partial charge in [0.1, 0.15) is 0 Å². The number of hydrogen-bond acceptors (Lipinski definition) is 4. The molecule has 0 radical (unpaired) electrons. The number of Topliss-reactive ketones (excluding diaryl/α,β-unsaturated/α-hetero) is 1. The first-order valence-electron chi connectivity index (χ1n) is 9.15. The predicted molar refractivity (Wildman–Crippen MR) is 92.4 cm³/mol. The summed E-state index contributed by atoms with van der Waals surface area (Å²) in [7, 11) is 1.74. The quantitative estimate of drug-likeness (QED) is 0.805. The zero-order valence-electron chi connectivity index (χ0n) is 14.5. The van der Waals surface area contributed by atoms with Gasteiger partial charge in [0, 0.05) is 24.7 Å². The summed E-state index contributed by atoms with van der Waals surface area (Å²) >= 11 is 0. The summed E-state index contributed by atoms with van der Waals surface area (Å²) < 4.78 is 13.1. The zero-order chi connectivity index (χ0) is 17.0. The van der Waals surface area contributed by atoms with E-state index in [-0.39, 0.29) is 5.78 Å². The van der Waals surface area contributed by atoms with E-state index in [2.05, 4.69) is 11.2 Å². The van der Waals surface area contributed by atoms with Crippen LogP contribution in [0.25, 0.3) is 0 Å². The highest BCUT2D eigenvalue weighted by Gasteiger charge is 2.38. The molecule has 0 saturated carbocycles. The molecule has 2 atom stereocenters. The second-order valence-electron chi connectivity index (χ2n) is 7.33. The first-order valence-corrected chi connectivity index (χ1v) is 9.15. The molecule has 1 unspecified atom stereocenters. The average molecular weight is 338 g/mol. The Balaban J connectivity index is 1.58. The van der Waals surface area contributed by atoms with Gasteiger partial charge in [-0.3, -0.25) is 4.79 Å². The summed E-state index contributed by atoms with van der Waals surface area (Å²) in [5, 5.41) is 4.23. The molecule has 5 heteroatoms. The molecule has 0 N–H and O–H groups in total. The van der Waals surface area contributed by atoms with Gasteiger partial charge in [0.15, 0.2) is 6.10 Å². The summed E-state index contributed by atoms with van der Waals surface area (Å²) in [5.41, 5.74) is 6.17. The Morgan fingerprint density at radius 3 is 3.12 bits per heavy atom. The Morgan fingerprint density at radius 1 is 1.36 bits per heavy atom. The number of fused-ring (bicyclic) bond motifs is 3. The molecule has 5 nitrogen and oxygen atoms in total. The molecule has 0 saturated heterocycles. The van der Waals surface area contributed by atoms with Crippen LogP contribution in [-0.4, -0.2) is 35.4 Å². The molecule has 1 aromatic heterocycles. The third kappa shape index (κ3) is 2.25. The fourth-order valence-electron chi connectivity index (χ4n) is 4.81. The van der Waals surface area contributed by atoms with Gasteiger partial charge in [-0.05, 0) is 54.4 Å². The number of aromatic nitrogens is 2. The topological polar surface area (TPSA) is 53.4 Å². The first-order chi connectivity index (χ1) is 12.3. The number of benzene rings is 1. The Bertz CT molecular complexity index is 834. The molecule has 2 aromatic rings. The highest BCUT2D eigenvalue weighted by molar-refractivity contribution is 6.03. The molecule has 1 aromatic carbocycles. The van der Waals surface area contributed by atoms with Crippen LogP contribution in [0, 0.1) is 0 Å². The van der Waals surface area contributed by atoms with Crippen molar-refractivity contribution in [3.05, 3.63) is 46.1 Å². The minimum atomic E-state index is -0.455. The van der Waals surface area contributed by atoms with Crippen molar-refractivity contribution in [2.75, 3.05) is 13.7 Å². The number of ether oxygens (including phenoxy) is 2. The highest BCUT2D eigenvalue weighted by Crippen LogP contribution is 2.42. The molecule has 2 heterocycles. The number of nitrogens with zero attached hydrogens (tertiary/aromatic N) is 2. The molecule has 25 heavy (non-hydrogen) atoms. The summed E-state index contributed by atoms with van der Waals surface area (Å²) in [5.74, 6) is 1.14. The lowest BCUT2D eigenvalue weighted by molar-refractivity contribution is 0.0817. The second-order valence-corrected chi connectivity index (χ2v) is 7.33. The number of carbonyl (C=O) groups is 1. The number of hydrogen-bond donors (Lipinski definition) is 0. The lowest BCUT2D eigenvalue weighted by atomic mass is 9.86. The van der Waals surface area contributed by atoms with Crippen molar-refractivity contribution in [3.63, 3.8) is 0 Å². The average Bonchev–Trinajstić information content (AvgIpc) is 3.35. The van der Waals surface area contributed by atoms with Gasteiger partial charge in [0.05, 0.1) is 19.3 Å².